The molecule has 2 aromatic rings. The van der Waals surface area contributed by atoms with Gasteiger partial charge < -0.3 is 10.2 Å². The molecule has 0 saturated heterocycles. The van der Waals surface area contributed by atoms with Crippen molar-refractivity contribution < 1.29 is 4.79 Å². The van der Waals surface area contributed by atoms with E-state index in [1.54, 1.807) is 0 Å². The highest BCUT2D eigenvalue weighted by Crippen LogP contribution is 2.15. The Bertz CT molecular complexity index is 610. The summed E-state index contributed by atoms with van der Waals surface area (Å²) in [6.45, 7) is 6.26. The zero-order valence-electron chi connectivity index (χ0n) is 14.1. The van der Waals surface area contributed by atoms with Crippen LogP contribution in [0.2, 0.25) is 0 Å². The zero-order chi connectivity index (χ0) is 16.5. The lowest BCUT2D eigenvalue weighted by atomic mass is 10.1. The van der Waals surface area contributed by atoms with Crippen molar-refractivity contribution in [1.29, 1.82) is 0 Å². The van der Waals surface area contributed by atoms with E-state index in [2.05, 4.69) is 36.5 Å². The normalized spacial score (nSPS) is 10.3. The maximum absolute atomic E-state index is 12.4. The summed E-state index contributed by atoms with van der Waals surface area (Å²) in [5.41, 5.74) is 3.59. The first kappa shape index (κ1) is 17.1. The molecule has 1 N–H and O–H groups in total. The number of anilines is 1. The minimum atomic E-state index is 0.192. The maximum atomic E-state index is 12.4. The van der Waals surface area contributed by atoms with Crippen molar-refractivity contribution in [3.63, 3.8) is 0 Å². The lowest BCUT2D eigenvalue weighted by molar-refractivity contribution is -0.131. The molecule has 3 nitrogen and oxygen atoms in total. The number of para-hydroxylation sites is 1. The number of nitrogens with zero attached hydrogens (tertiary/aromatic N) is 1. The average Bonchev–Trinajstić information content (AvgIpc) is 2.60. The first-order valence-corrected chi connectivity index (χ1v) is 8.38. The highest BCUT2D eigenvalue weighted by atomic mass is 16.2. The number of benzene rings is 2. The molecule has 0 bridgehead atoms. The van der Waals surface area contributed by atoms with Gasteiger partial charge in [-0.2, -0.15) is 0 Å². The van der Waals surface area contributed by atoms with E-state index in [1.165, 1.54) is 11.1 Å². The van der Waals surface area contributed by atoms with Crippen LogP contribution in [0.25, 0.3) is 0 Å². The molecular formula is C20H26N2O. The van der Waals surface area contributed by atoms with E-state index < -0.39 is 0 Å². The van der Waals surface area contributed by atoms with Gasteiger partial charge in [-0.3, -0.25) is 4.79 Å². The van der Waals surface area contributed by atoms with Crippen LogP contribution in [0, 0.1) is 0 Å². The monoisotopic (exact) mass is 310 g/mol. The summed E-state index contributed by atoms with van der Waals surface area (Å²) in [5, 5.41) is 3.39. The number of hydrogen-bond acceptors (Lipinski definition) is 2. The molecule has 0 fully saturated rings. The second-order valence-electron chi connectivity index (χ2n) is 5.58. The Morgan fingerprint density at radius 3 is 2.39 bits per heavy atom. The molecule has 0 unspecified atom stereocenters. The highest BCUT2D eigenvalue weighted by Gasteiger charge is 2.11. The van der Waals surface area contributed by atoms with E-state index in [0.717, 1.165) is 18.7 Å². The third-order valence-electron chi connectivity index (χ3n) is 4.00. The quantitative estimate of drug-likeness (QED) is 0.796. The Morgan fingerprint density at radius 2 is 1.70 bits per heavy atom. The fraction of sp³-hybridized carbons (Fsp3) is 0.350. The van der Waals surface area contributed by atoms with Gasteiger partial charge in [0, 0.05) is 31.7 Å². The van der Waals surface area contributed by atoms with Crippen LogP contribution in [0.5, 0.6) is 0 Å². The fourth-order valence-electron chi connectivity index (χ4n) is 2.64. The van der Waals surface area contributed by atoms with Gasteiger partial charge in [0.15, 0.2) is 0 Å². The standard InChI is InChI=1S/C20H26N2O/c1-3-18-12-8-9-13-19(18)21-15-14-20(23)22(4-2)16-17-10-6-5-7-11-17/h5-13,21H,3-4,14-16H2,1-2H3. The lowest BCUT2D eigenvalue weighted by Gasteiger charge is -2.21. The van der Waals surface area contributed by atoms with Gasteiger partial charge >= 0.3 is 0 Å². The average molecular weight is 310 g/mol. The molecule has 2 rings (SSSR count). The van der Waals surface area contributed by atoms with Crippen LogP contribution < -0.4 is 5.32 Å². The molecule has 0 radical (unpaired) electrons. The Morgan fingerprint density at radius 1 is 1.00 bits per heavy atom. The van der Waals surface area contributed by atoms with Gasteiger partial charge in [-0.15, -0.1) is 0 Å². The van der Waals surface area contributed by atoms with Crippen molar-refractivity contribution in [2.75, 3.05) is 18.4 Å². The molecule has 23 heavy (non-hydrogen) atoms. The molecule has 0 heterocycles. The molecule has 0 aromatic heterocycles. The van der Waals surface area contributed by atoms with Crippen molar-refractivity contribution in [1.82, 2.24) is 4.90 Å². The van der Waals surface area contributed by atoms with E-state index in [-0.39, 0.29) is 5.91 Å². The SMILES string of the molecule is CCc1ccccc1NCCC(=O)N(CC)Cc1ccccc1. The smallest absolute Gasteiger partial charge is 0.224 e. The fourth-order valence-corrected chi connectivity index (χ4v) is 2.64. The predicted octanol–water partition coefficient (Wildman–Crippen LogP) is 4.10. The van der Waals surface area contributed by atoms with Crippen LogP contribution in [-0.2, 0) is 17.8 Å². The van der Waals surface area contributed by atoms with Crippen LogP contribution in [0.1, 0.15) is 31.4 Å². The Balaban J connectivity index is 1.85. The third-order valence-corrected chi connectivity index (χ3v) is 4.00. The number of nitrogens with one attached hydrogen (secondary N) is 1. The summed E-state index contributed by atoms with van der Waals surface area (Å²) < 4.78 is 0. The topological polar surface area (TPSA) is 32.3 Å². The van der Waals surface area contributed by atoms with Gasteiger partial charge in [0.2, 0.25) is 5.91 Å². The lowest BCUT2D eigenvalue weighted by Crippen LogP contribution is -2.31. The molecule has 0 aliphatic rings. The van der Waals surface area contributed by atoms with Gasteiger partial charge in [-0.05, 0) is 30.5 Å². The number of amides is 1. The summed E-state index contributed by atoms with van der Waals surface area (Å²) in [6, 6.07) is 18.4. The second kappa shape index (κ2) is 8.99. The summed E-state index contributed by atoms with van der Waals surface area (Å²) in [6.07, 6.45) is 1.50. The highest BCUT2D eigenvalue weighted by molar-refractivity contribution is 5.76. The summed E-state index contributed by atoms with van der Waals surface area (Å²) in [7, 11) is 0. The van der Waals surface area contributed by atoms with E-state index in [9.17, 15) is 4.79 Å². The number of aryl methyl sites for hydroxylation is 1. The predicted molar refractivity (Wildman–Crippen MR) is 96.5 cm³/mol. The number of rotatable bonds is 8. The maximum Gasteiger partial charge on any atom is 0.224 e. The van der Waals surface area contributed by atoms with Gasteiger partial charge in [0.05, 0.1) is 0 Å². The van der Waals surface area contributed by atoms with Crippen molar-refractivity contribution >= 4 is 11.6 Å². The Kier molecular flexibility index (Phi) is 6.67. The molecule has 1 amide bonds. The van der Waals surface area contributed by atoms with E-state index in [0.29, 0.717) is 19.5 Å². The van der Waals surface area contributed by atoms with Crippen LogP contribution in [0.15, 0.2) is 54.6 Å². The summed E-state index contributed by atoms with van der Waals surface area (Å²) >= 11 is 0. The molecule has 122 valence electrons. The first-order chi connectivity index (χ1) is 11.2. The molecule has 0 atom stereocenters. The van der Waals surface area contributed by atoms with E-state index in [1.807, 2.05) is 42.2 Å². The van der Waals surface area contributed by atoms with Crippen LogP contribution in [0.4, 0.5) is 5.69 Å². The molecular weight excluding hydrogens is 284 g/mol. The number of hydrogen-bond donors (Lipinski definition) is 1. The first-order valence-electron chi connectivity index (χ1n) is 8.38. The van der Waals surface area contributed by atoms with Gasteiger partial charge in [0.1, 0.15) is 0 Å². The van der Waals surface area contributed by atoms with Gasteiger partial charge in [-0.25, -0.2) is 0 Å². The molecule has 3 heteroatoms. The molecule has 0 spiro atoms. The van der Waals surface area contributed by atoms with Crippen molar-refractivity contribution in [2.24, 2.45) is 0 Å². The largest absolute Gasteiger partial charge is 0.384 e. The van der Waals surface area contributed by atoms with Crippen LogP contribution >= 0.6 is 0 Å². The third kappa shape index (κ3) is 5.13. The molecule has 2 aromatic carbocycles. The van der Waals surface area contributed by atoms with Crippen molar-refractivity contribution in [3.05, 3.63) is 65.7 Å². The van der Waals surface area contributed by atoms with E-state index >= 15 is 0 Å². The number of carbonyl (C=O) groups is 1. The minimum absolute atomic E-state index is 0.192. The second-order valence-corrected chi connectivity index (χ2v) is 5.58. The van der Waals surface area contributed by atoms with Crippen molar-refractivity contribution in [2.45, 2.75) is 33.2 Å². The summed E-state index contributed by atoms with van der Waals surface area (Å²) in [4.78, 5) is 14.3. The van der Waals surface area contributed by atoms with Gasteiger partial charge in [-0.1, -0.05) is 55.5 Å². The van der Waals surface area contributed by atoms with Crippen LogP contribution in [-0.4, -0.2) is 23.9 Å². The Labute approximate surface area is 139 Å². The van der Waals surface area contributed by atoms with Crippen molar-refractivity contribution in [3.8, 4) is 0 Å². The molecule has 0 aliphatic carbocycles. The minimum Gasteiger partial charge on any atom is -0.384 e. The Hall–Kier alpha value is -2.29. The van der Waals surface area contributed by atoms with E-state index in [4.69, 9.17) is 0 Å². The molecule has 0 aliphatic heterocycles. The zero-order valence-corrected chi connectivity index (χ0v) is 14.1. The van der Waals surface area contributed by atoms with Crippen LogP contribution in [0.3, 0.4) is 0 Å². The number of carbonyl (C=O) groups excluding carboxylic acids is 1. The summed E-state index contributed by atoms with van der Waals surface area (Å²) in [5.74, 6) is 0.192. The van der Waals surface area contributed by atoms with Gasteiger partial charge in [0.25, 0.3) is 0 Å². The molecule has 0 saturated carbocycles.